The van der Waals surface area contributed by atoms with Gasteiger partial charge in [-0.2, -0.15) is 0 Å². The molecule has 0 radical (unpaired) electrons. The van der Waals surface area contributed by atoms with E-state index in [4.69, 9.17) is 9.47 Å². The first-order valence-electron chi connectivity index (χ1n) is 12.5. The molecule has 0 saturated heterocycles. The summed E-state index contributed by atoms with van der Waals surface area (Å²) < 4.78 is 39.4. The van der Waals surface area contributed by atoms with E-state index < -0.39 is 28.5 Å². The summed E-state index contributed by atoms with van der Waals surface area (Å²) in [4.78, 5) is 28.2. The van der Waals surface area contributed by atoms with E-state index in [1.807, 2.05) is 6.92 Å². The Labute approximate surface area is 230 Å². The Hall–Kier alpha value is -4.05. The van der Waals surface area contributed by atoms with Gasteiger partial charge in [-0.25, -0.2) is 8.42 Å². The second kappa shape index (κ2) is 13.1. The molecule has 3 aromatic carbocycles. The summed E-state index contributed by atoms with van der Waals surface area (Å²) in [7, 11) is 0.396. The molecule has 0 heterocycles. The zero-order valence-electron chi connectivity index (χ0n) is 22.9. The Morgan fingerprint density at radius 2 is 1.56 bits per heavy atom. The number of hydrogen-bond donors (Lipinski definition) is 1. The lowest BCUT2D eigenvalue weighted by molar-refractivity contribution is -0.140. The Balaban J connectivity index is 2.06. The van der Waals surface area contributed by atoms with Crippen LogP contribution in [-0.4, -0.2) is 59.0 Å². The summed E-state index contributed by atoms with van der Waals surface area (Å²) in [6, 6.07) is 19.3. The van der Waals surface area contributed by atoms with Crippen molar-refractivity contribution in [3.63, 3.8) is 0 Å². The number of sulfonamides is 1. The fourth-order valence-corrected chi connectivity index (χ4v) is 5.55. The van der Waals surface area contributed by atoms with Gasteiger partial charge in [0.1, 0.15) is 24.1 Å². The van der Waals surface area contributed by atoms with Crippen molar-refractivity contribution < 1.29 is 27.5 Å². The van der Waals surface area contributed by atoms with Crippen LogP contribution in [0.15, 0.2) is 77.7 Å². The van der Waals surface area contributed by atoms with Crippen LogP contribution >= 0.6 is 0 Å². The minimum absolute atomic E-state index is 0.0452. The summed E-state index contributed by atoms with van der Waals surface area (Å²) in [5, 5.41) is 2.62. The molecule has 10 heteroatoms. The number of aryl methyl sites for hydroxylation is 1. The largest absolute Gasteiger partial charge is 0.497 e. The molecule has 0 aliphatic rings. The van der Waals surface area contributed by atoms with Crippen LogP contribution in [-0.2, 0) is 26.2 Å². The van der Waals surface area contributed by atoms with E-state index in [9.17, 15) is 18.0 Å². The molecule has 208 valence electrons. The van der Waals surface area contributed by atoms with Crippen LogP contribution in [0.4, 0.5) is 5.69 Å². The molecule has 39 heavy (non-hydrogen) atoms. The quantitative estimate of drug-likeness (QED) is 0.366. The lowest BCUT2D eigenvalue weighted by atomic mass is 10.1. The molecule has 0 fully saturated rings. The second-order valence-corrected chi connectivity index (χ2v) is 10.8. The highest BCUT2D eigenvalue weighted by Crippen LogP contribution is 2.28. The molecule has 0 aromatic heterocycles. The normalized spacial score (nSPS) is 11.8. The lowest BCUT2D eigenvalue weighted by Gasteiger charge is -2.33. The predicted octanol–water partition coefficient (Wildman–Crippen LogP) is 3.76. The number of anilines is 1. The number of benzene rings is 3. The first-order valence-corrected chi connectivity index (χ1v) is 14.0. The van der Waals surface area contributed by atoms with Crippen molar-refractivity contribution in [3.05, 3.63) is 83.9 Å². The van der Waals surface area contributed by atoms with Gasteiger partial charge in [-0.15, -0.1) is 0 Å². The number of rotatable bonds is 12. The number of amides is 2. The number of nitrogens with one attached hydrogen (secondary N) is 1. The Kier molecular flexibility index (Phi) is 9.95. The first-order chi connectivity index (χ1) is 18.6. The van der Waals surface area contributed by atoms with Gasteiger partial charge >= 0.3 is 0 Å². The van der Waals surface area contributed by atoms with Crippen LogP contribution in [0.25, 0.3) is 0 Å². The van der Waals surface area contributed by atoms with Gasteiger partial charge in [0.25, 0.3) is 10.0 Å². The molecule has 1 atom stereocenters. The van der Waals surface area contributed by atoms with Crippen LogP contribution in [0, 0.1) is 6.92 Å². The van der Waals surface area contributed by atoms with Gasteiger partial charge in [0.05, 0.1) is 24.8 Å². The van der Waals surface area contributed by atoms with Gasteiger partial charge in [-0.05, 0) is 55.3 Å². The zero-order valence-corrected chi connectivity index (χ0v) is 23.7. The van der Waals surface area contributed by atoms with Crippen LogP contribution < -0.4 is 19.1 Å². The number of methoxy groups -OCH3 is 2. The minimum atomic E-state index is -4.15. The van der Waals surface area contributed by atoms with Gasteiger partial charge in [-0.3, -0.25) is 13.9 Å². The molecule has 3 rings (SSSR count). The monoisotopic (exact) mass is 553 g/mol. The third kappa shape index (κ3) is 7.08. The van der Waals surface area contributed by atoms with Gasteiger partial charge in [-0.1, -0.05) is 42.8 Å². The fourth-order valence-electron chi connectivity index (χ4n) is 4.15. The first kappa shape index (κ1) is 29.5. The predicted molar refractivity (Wildman–Crippen MR) is 150 cm³/mol. The maximum atomic E-state index is 13.9. The van der Waals surface area contributed by atoms with Crippen molar-refractivity contribution >= 4 is 27.5 Å². The van der Waals surface area contributed by atoms with Gasteiger partial charge < -0.3 is 19.7 Å². The Bertz CT molecular complexity index is 1370. The fraction of sp³-hybridized carbons (Fsp3) is 0.310. The Morgan fingerprint density at radius 1 is 0.923 bits per heavy atom. The molecule has 9 nitrogen and oxygen atoms in total. The highest BCUT2D eigenvalue weighted by Gasteiger charge is 2.33. The smallest absolute Gasteiger partial charge is 0.264 e. The molecule has 0 bridgehead atoms. The number of carbonyl (C=O) groups is 2. The molecule has 3 aromatic rings. The summed E-state index contributed by atoms with van der Waals surface area (Å²) in [5.41, 5.74) is 1.93. The minimum Gasteiger partial charge on any atom is -0.497 e. The van der Waals surface area contributed by atoms with Crippen LogP contribution in [0.1, 0.15) is 24.5 Å². The highest BCUT2D eigenvalue weighted by atomic mass is 32.2. The number of nitrogens with zero attached hydrogens (tertiary/aromatic N) is 2. The average Bonchev–Trinajstić information content (AvgIpc) is 2.95. The van der Waals surface area contributed by atoms with E-state index in [-0.39, 0.29) is 23.0 Å². The summed E-state index contributed by atoms with van der Waals surface area (Å²) >= 11 is 0. The maximum absolute atomic E-state index is 13.9. The van der Waals surface area contributed by atoms with Crippen molar-refractivity contribution in [2.45, 2.75) is 37.8 Å². The third-order valence-corrected chi connectivity index (χ3v) is 8.16. The van der Waals surface area contributed by atoms with E-state index in [0.717, 1.165) is 15.4 Å². The van der Waals surface area contributed by atoms with Gasteiger partial charge in [0.2, 0.25) is 11.8 Å². The van der Waals surface area contributed by atoms with Crippen molar-refractivity contribution in [1.82, 2.24) is 10.2 Å². The highest BCUT2D eigenvalue weighted by molar-refractivity contribution is 7.92. The molecule has 2 amide bonds. The van der Waals surface area contributed by atoms with Gasteiger partial charge in [0.15, 0.2) is 0 Å². The van der Waals surface area contributed by atoms with E-state index in [1.165, 1.54) is 31.2 Å². The van der Waals surface area contributed by atoms with E-state index in [1.54, 1.807) is 74.7 Å². The molecule has 0 unspecified atom stereocenters. The third-order valence-electron chi connectivity index (χ3n) is 6.37. The van der Waals surface area contributed by atoms with Gasteiger partial charge in [0, 0.05) is 19.7 Å². The van der Waals surface area contributed by atoms with Crippen LogP contribution in [0.5, 0.6) is 11.5 Å². The van der Waals surface area contributed by atoms with E-state index >= 15 is 0 Å². The molecule has 1 N–H and O–H groups in total. The second-order valence-electron chi connectivity index (χ2n) is 8.93. The standard InChI is InChI=1S/C29H35N3O6S/c1-6-27(29(34)30-3)31(19-22-12-14-24(37-4)15-13-22)28(33)20-32(23-8-7-9-25(18-23)38-5)39(35,36)26-16-10-21(2)11-17-26/h7-18,27H,6,19-20H2,1-5H3,(H,30,34)/t27-/m1/s1. The summed E-state index contributed by atoms with van der Waals surface area (Å²) in [5.74, 6) is 0.229. The topological polar surface area (TPSA) is 105 Å². The number of hydrogen-bond acceptors (Lipinski definition) is 6. The molecule has 0 aliphatic carbocycles. The van der Waals surface area contributed by atoms with Crippen LogP contribution in [0.3, 0.4) is 0 Å². The zero-order chi connectivity index (χ0) is 28.6. The van der Waals surface area contributed by atoms with Crippen molar-refractivity contribution in [2.75, 3.05) is 32.1 Å². The van der Waals surface area contributed by atoms with Crippen molar-refractivity contribution in [3.8, 4) is 11.5 Å². The maximum Gasteiger partial charge on any atom is 0.264 e. The van der Waals surface area contributed by atoms with E-state index in [0.29, 0.717) is 17.9 Å². The number of likely N-dealkylation sites (N-methyl/N-ethyl adjacent to an activating group) is 1. The molecule has 0 aliphatic heterocycles. The summed E-state index contributed by atoms with van der Waals surface area (Å²) in [6.07, 6.45) is 0.339. The average molecular weight is 554 g/mol. The lowest BCUT2D eigenvalue weighted by Crippen LogP contribution is -2.51. The summed E-state index contributed by atoms with van der Waals surface area (Å²) in [6.45, 7) is 3.25. The number of ether oxygens (including phenoxy) is 2. The number of carbonyl (C=O) groups excluding carboxylic acids is 2. The molecule has 0 spiro atoms. The molecule has 0 saturated carbocycles. The molecular weight excluding hydrogens is 518 g/mol. The molecular formula is C29H35N3O6S. The Morgan fingerprint density at radius 3 is 2.13 bits per heavy atom. The SMILES string of the molecule is CC[C@H](C(=O)NC)N(Cc1ccc(OC)cc1)C(=O)CN(c1cccc(OC)c1)S(=O)(=O)c1ccc(C)cc1. The van der Waals surface area contributed by atoms with E-state index in [2.05, 4.69) is 5.32 Å². The van der Waals surface area contributed by atoms with Crippen LogP contribution in [0.2, 0.25) is 0 Å². The van der Waals surface area contributed by atoms with Crippen molar-refractivity contribution in [2.24, 2.45) is 0 Å². The van der Waals surface area contributed by atoms with Crippen molar-refractivity contribution in [1.29, 1.82) is 0 Å².